The Labute approximate surface area is 167 Å². The second-order valence-corrected chi connectivity index (χ2v) is 6.24. The molecule has 0 bridgehead atoms. The number of anilines is 1. The van der Waals surface area contributed by atoms with Crippen LogP contribution in [0.2, 0.25) is 0 Å². The van der Waals surface area contributed by atoms with E-state index in [1.165, 1.54) is 30.2 Å². The van der Waals surface area contributed by atoms with Crippen molar-refractivity contribution >= 4 is 17.5 Å². The zero-order valence-corrected chi connectivity index (χ0v) is 16.1. The summed E-state index contributed by atoms with van der Waals surface area (Å²) in [7, 11) is 1.54. The van der Waals surface area contributed by atoms with Crippen LogP contribution >= 0.6 is 0 Å². The van der Waals surface area contributed by atoms with Crippen LogP contribution in [0.25, 0.3) is 11.3 Å². The number of rotatable bonds is 7. The summed E-state index contributed by atoms with van der Waals surface area (Å²) in [6, 6.07) is 16.1. The number of amides is 2. The number of methoxy groups -OCH3 is 1. The van der Waals surface area contributed by atoms with Crippen LogP contribution in [0.4, 0.5) is 10.1 Å². The molecular formula is C22H21FN2O4. The van der Waals surface area contributed by atoms with Crippen LogP contribution in [0.3, 0.4) is 0 Å². The molecule has 0 saturated heterocycles. The Balaban J connectivity index is 1.69. The smallest absolute Gasteiger partial charge is 0.290 e. The van der Waals surface area contributed by atoms with E-state index >= 15 is 0 Å². The number of carbonyl (C=O) groups excluding carboxylic acids is 2. The molecule has 3 aromatic rings. The van der Waals surface area contributed by atoms with E-state index in [-0.39, 0.29) is 29.5 Å². The van der Waals surface area contributed by atoms with Crippen molar-refractivity contribution < 1.29 is 23.1 Å². The third-order valence-electron chi connectivity index (χ3n) is 4.31. The van der Waals surface area contributed by atoms with Gasteiger partial charge in [-0.25, -0.2) is 4.39 Å². The summed E-state index contributed by atoms with van der Waals surface area (Å²) in [6.45, 7) is 1.92. The Morgan fingerprint density at radius 1 is 1.10 bits per heavy atom. The minimum absolute atomic E-state index is 0.0410. The highest BCUT2D eigenvalue weighted by molar-refractivity contribution is 5.98. The maximum atomic E-state index is 13.9. The van der Waals surface area contributed by atoms with E-state index in [0.29, 0.717) is 18.0 Å². The van der Waals surface area contributed by atoms with Crippen molar-refractivity contribution in [3.63, 3.8) is 0 Å². The molecule has 1 heterocycles. The van der Waals surface area contributed by atoms with Crippen LogP contribution < -0.4 is 10.1 Å². The van der Waals surface area contributed by atoms with Gasteiger partial charge in [0.05, 0.1) is 12.7 Å². The topological polar surface area (TPSA) is 71.8 Å². The van der Waals surface area contributed by atoms with Crippen molar-refractivity contribution in [2.24, 2.45) is 0 Å². The summed E-state index contributed by atoms with van der Waals surface area (Å²) in [5.74, 6) is -0.332. The van der Waals surface area contributed by atoms with E-state index in [9.17, 15) is 14.0 Å². The molecular weight excluding hydrogens is 375 g/mol. The van der Waals surface area contributed by atoms with E-state index in [1.54, 1.807) is 49.4 Å². The molecule has 29 heavy (non-hydrogen) atoms. The Morgan fingerprint density at radius 3 is 2.62 bits per heavy atom. The average molecular weight is 396 g/mol. The highest BCUT2D eigenvalue weighted by atomic mass is 19.1. The average Bonchev–Trinajstić information content (AvgIpc) is 3.22. The van der Waals surface area contributed by atoms with Gasteiger partial charge in [-0.15, -0.1) is 0 Å². The molecule has 0 radical (unpaired) electrons. The first-order valence-corrected chi connectivity index (χ1v) is 9.09. The molecule has 6 nitrogen and oxygen atoms in total. The molecule has 0 saturated carbocycles. The molecule has 0 aliphatic rings. The molecule has 2 amide bonds. The Bertz CT molecular complexity index is 1020. The van der Waals surface area contributed by atoms with Crippen LogP contribution in [0.15, 0.2) is 65.1 Å². The SMILES string of the molecule is CCN(CC(=O)Nc1cccc(OC)c1)C(=O)c1ccc(-c2ccccc2F)o1. The maximum Gasteiger partial charge on any atom is 0.290 e. The molecule has 2 aromatic carbocycles. The molecule has 3 rings (SSSR count). The molecule has 7 heteroatoms. The lowest BCUT2D eigenvalue weighted by Crippen LogP contribution is -2.37. The van der Waals surface area contributed by atoms with Crippen molar-refractivity contribution in [1.82, 2.24) is 4.90 Å². The second-order valence-electron chi connectivity index (χ2n) is 6.24. The quantitative estimate of drug-likeness (QED) is 0.650. The second kappa shape index (κ2) is 9.05. The molecule has 150 valence electrons. The lowest BCUT2D eigenvalue weighted by molar-refractivity contribution is -0.116. The van der Waals surface area contributed by atoms with Gasteiger partial charge < -0.3 is 19.4 Å². The Hall–Kier alpha value is -3.61. The molecule has 1 N–H and O–H groups in total. The summed E-state index contributed by atoms with van der Waals surface area (Å²) >= 11 is 0. The van der Waals surface area contributed by atoms with Gasteiger partial charge in [-0.3, -0.25) is 9.59 Å². The summed E-state index contributed by atoms with van der Waals surface area (Å²) in [5, 5.41) is 2.73. The predicted octanol–water partition coefficient (Wildman–Crippen LogP) is 4.20. The van der Waals surface area contributed by atoms with Crippen LogP contribution in [-0.4, -0.2) is 36.9 Å². The number of hydrogen-bond acceptors (Lipinski definition) is 4. The van der Waals surface area contributed by atoms with Gasteiger partial charge in [0.25, 0.3) is 5.91 Å². The Morgan fingerprint density at radius 2 is 1.90 bits per heavy atom. The summed E-state index contributed by atoms with van der Waals surface area (Å²) in [4.78, 5) is 26.4. The fourth-order valence-corrected chi connectivity index (χ4v) is 2.82. The number of ether oxygens (including phenoxy) is 1. The van der Waals surface area contributed by atoms with Crippen molar-refractivity contribution in [2.75, 3.05) is 25.5 Å². The lowest BCUT2D eigenvalue weighted by atomic mass is 10.1. The van der Waals surface area contributed by atoms with E-state index in [0.717, 1.165) is 0 Å². The number of likely N-dealkylation sites (N-methyl/N-ethyl adjacent to an activating group) is 1. The van der Waals surface area contributed by atoms with Gasteiger partial charge in [-0.2, -0.15) is 0 Å². The molecule has 0 aliphatic carbocycles. The number of furan rings is 1. The van der Waals surface area contributed by atoms with Gasteiger partial charge >= 0.3 is 0 Å². The third kappa shape index (κ3) is 4.82. The predicted molar refractivity (Wildman–Crippen MR) is 107 cm³/mol. The molecule has 0 fully saturated rings. The molecule has 0 spiro atoms. The van der Waals surface area contributed by atoms with Crippen molar-refractivity contribution in [1.29, 1.82) is 0 Å². The monoisotopic (exact) mass is 396 g/mol. The van der Waals surface area contributed by atoms with Crippen LogP contribution in [0.5, 0.6) is 5.75 Å². The number of hydrogen-bond donors (Lipinski definition) is 1. The van der Waals surface area contributed by atoms with Gasteiger partial charge in [0.15, 0.2) is 5.76 Å². The minimum atomic E-state index is -0.448. The van der Waals surface area contributed by atoms with Crippen molar-refractivity contribution in [3.05, 3.63) is 72.2 Å². The third-order valence-corrected chi connectivity index (χ3v) is 4.31. The van der Waals surface area contributed by atoms with E-state index < -0.39 is 11.7 Å². The van der Waals surface area contributed by atoms with Gasteiger partial charge in [0.1, 0.15) is 23.9 Å². The van der Waals surface area contributed by atoms with Crippen molar-refractivity contribution in [3.8, 4) is 17.1 Å². The molecule has 0 unspecified atom stereocenters. The minimum Gasteiger partial charge on any atom is -0.497 e. The summed E-state index contributed by atoms with van der Waals surface area (Å²) < 4.78 is 24.6. The first-order valence-electron chi connectivity index (χ1n) is 9.09. The van der Waals surface area contributed by atoms with Gasteiger partial charge in [-0.1, -0.05) is 18.2 Å². The van der Waals surface area contributed by atoms with E-state index in [2.05, 4.69) is 5.32 Å². The fraction of sp³-hybridized carbons (Fsp3) is 0.182. The van der Waals surface area contributed by atoms with E-state index in [4.69, 9.17) is 9.15 Å². The van der Waals surface area contributed by atoms with E-state index in [1.807, 2.05) is 0 Å². The highest BCUT2D eigenvalue weighted by Gasteiger charge is 2.21. The van der Waals surface area contributed by atoms with Gasteiger partial charge in [0, 0.05) is 18.3 Å². The number of halogens is 1. The molecule has 0 atom stereocenters. The largest absolute Gasteiger partial charge is 0.497 e. The summed E-state index contributed by atoms with van der Waals surface area (Å²) in [6.07, 6.45) is 0. The normalized spacial score (nSPS) is 10.4. The fourth-order valence-electron chi connectivity index (χ4n) is 2.82. The highest BCUT2D eigenvalue weighted by Crippen LogP contribution is 2.25. The Kier molecular flexibility index (Phi) is 6.29. The first-order chi connectivity index (χ1) is 14.0. The zero-order valence-electron chi connectivity index (χ0n) is 16.1. The molecule has 0 aliphatic heterocycles. The number of carbonyl (C=O) groups is 2. The van der Waals surface area contributed by atoms with Crippen LogP contribution in [0.1, 0.15) is 17.5 Å². The maximum absolute atomic E-state index is 13.9. The lowest BCUT2D eigenvalue weighted by Gasteiger charge is -2.19. The van der Waals surface area contributed by atoms with Gasteiger partial charge in [-0.05, 0) is 43.3 Å². The number of nitrogens with one attached hydrogen (secondary N) is 1. The number of nitrogens with zero attached hydrogens (tertiary/aromatic N) is 1. The van der Waals surface area contributed by atoms with Gasteiger partial charge in [0.2, 0.25) is 5.91 Å². The molecule has 1 aromatic heterocycles. The summed E-state index contributed by atoms with van der Waals surface area (Å²) in [5.41, 5.74) is 0.836. The zero-order chi connectivity index (χ0) is 20.8. The standard InChI is InChI=1S/C22H21FN2O4/c1-3-25(14-21(26)24-15-7-6-8-16(13-15)28-2)22(27)20-12-11-19(29-20)17-9-4-5-10-18(17)23/h4-13H,3,14H2,1-2H3,(H,24,26). The first kappa shape index (κ1) is 20.1. The van der Waals surface area contributed by atoms with Crippen LogP contribution in [0, 0.1) is 5.82 Å². The van der Waals surface area contributed by atoms with Crippen molar-refractivity contribution in [2.45, 2.75) is 6.92 Å². The van der Waals surface area contributed by atoms with Crippen LogP contribution in [-0.2, 0) is 4.79 Å². The number of benzene rings is 2.